The topological polar surface area (TPSA) is 93.3 Å². The maximum atomic E-state index is 10.2. The molecular weight excluding hydrogens is 474 g/mol. The molecule has 0 amide bonds. The Morgan fingerprint density at radius 1 is 1.00 bits per heavy atom. The predicted octanol–water partition coefficient (Wildman–Crippen LogP) is 3.40. The largest absolute Gasteiger partial charge is 0.506 e. The van der Waals surface area contributed by atoms with Crippen molar-refractivity contribution in [2.24, 2.45) is 4.99 Å². The minimum atomic E-state index is -0.233. The minimum absolute atomic E-state index is 0.0947. The van der Waals surface area contributed by atoms with Gasteiger partial charge in [0.15, 0.2) is 11.5 Å². The first-order chi connectivity index (χ1) is 11.8. The maximum absolute atomic E-state index is 10.2. The molecule has 0 spiro atoms. The number of halogens is 2. The van der Waals surface area contributed by atoms with Crippen LogP contribution in [-0.4, -0.2) is 25.5 Å². The number of fused-ring (bicyclic) bond motifs is 1. The number of phenols is 4. The zero-order valence-electron chi connectivity index (χ0n) is 12.5. The molecule has 0 radical (unpaired) electrons. The van der Waals surface area contributed by atoms with Gasteiger partial charge in [0.25, 0.3) is 0 Å². The molecule has 5 nitrogen and oxygen atoms in total. The summed E-state index contributed by atoms with van der Waals surface area (Å²) in [6, 6.07) is 3.07. The third-order valence-corrected chi connectivity index (χ3v) is 5.96. The average Bonchev–Trinajstić information content (AvgIpc) is 2.60. The molecule has 3 rings (SSSR count). The molecule has 0 atom stereocenters. The lowest BCUT2D eigenvalue weighted by molar-refractivity contribution is 0.401. The van der Waals surface area contributed by atoms with Crippen molar-refractivity contribution < 1.29 is 20.4 Å². The highest BCUT2D eigenvalue weighted by molar-refractivity contribution is 9.10. The number of aromatic hydroxyl groups is 4. The Balaban J connectivity index is 1.98. The summed E-state index contributed by atoms with van der Waals surface area (Å²) in [6.07, 6.45) is 4.97. The van der Waals surface area contributed by atoms with E-state index in [0.717, 1.165) is 0 Å². The number of nitrogens with zero attached hydrogens (tertiary/aromatic N) is 1. The highest BCUT2D eigenvalue weighted by Gasteiger charge is 2.18. The quantitative estimate of drug-likeness (QED) is 0.490. The van der Waals surface area contributed by atoms with E-state index >= 15 is 0 Å². The Morgan fingerprint density at radius 3 is 2.40 bits per heavy atom. The molecule has 0 unspecified atom stereocenters. The molecule has 4 N–H and O–H groups in total. The van der Waals surface area contributed by atoms with Gasteiger partial charge in [-0.2, -0.15) is 0 Å². The summed E-state index contributed by atoms with van der Waals surface area (Å²) in [4.78, 5) is 4.83. The van der Waals surface area contributed by atoms with Crippen molar-refractivity contribution in [1.29, 1.82) is 0 Å². The van der Waals surface area contributed by atoms with Gasteiger partial charge in [0.1, 0.15) is 16.5 Å². The third-order valence-electron chi connectivity index (χ3n) is 3.49. The average molecular weight is 485 g/mol. The van der Waals surface area contributed by atoms with E-state index in [1.165, 1.54) is 17.8 Å². The van der Waals surface area contributed by atoms with Gasteiger partial charge in [0, 0.05) is 11.4 Å². The molecule has 2 aromatic rings. The van der Waals surface area contributed by atoms with Gasteiger partial charge in [0.05, 0.1) is 19.1 Å². The van der Waals surface area contributed by atoms with Gasteiger partial charge in [-0.15, -0.1) is 0 Å². The van der Waals surface area contributed by atoms with Crippen LogP contribution in [0.15, 0.2) is 37.0 Å². The van der Waals surface area contributed by atoms with E-state index in [1.54, 1.807) is 24.4 Å². The van der Waals surface area contributed by atoms with Crippen molar-refractivity contribution in [2.45, 2.75) is 4.90 Å². The van der Waals surface area contributed by atoms with Gasteiger partial charge in [-0.25, -0.2) is 4.99 Å². The molecular formula is C17H11Br2NO4S. The van der Waals surface area contributed by atoms with Gasteiger partial charge in [-0.05, 0) is 55.6 Å². The van der Waals surface area contributed by atoms with Crippen LogP contribution in [0.4, 0.5) is 0 Å². The van der Waals surface area contributed by atoms with E-state index in [2.05, 4.69) is 43.4 Å². The van der Waals surface area contributed by atoms with Gasteiger partial charge in [-0.1, -0.05) is 24.4 Å². The molecule has 0 fully saturated rings. The van der Waals surface area contributed by atoms with Crippen molar-refractivity contribution in [3.8, 4) is 23.0 Å². The van der Waals surface area contributed by atoms with Crippen molar-refractivity contribution in [3.05, 3.63) is 43.2 Å². The second-order valence-electron chi connectivity index (χ2n) is 5.13. The van der Waals surface area contributed by atoms with Crippen LogP contribution in [0, 0.1) is 0 Å². The zero-order valence-corrected chi connectivity index (χ0v) is 16.5. The minimum Gasteiger partial charge on any atom is -0.506 e. The molecule has 0 saturated carbocycles. The lowest BCUT2D eigenvalue weighted by atomic mass is 10.2. The Hall–Kier alpha value is -1.90. The molecule has 8 heteroatoms. The van der Waals surface area contributed by atoms with E-state index in [4.69, 9.17) is 0 Å². The Bertz CT molecular complexity index is 1040. The number of benzene rings is 2. The molecule has 25 heavy (non-hydrogen) atoms. The fourth-order valence-corrected chi connectivity index (χ4v) is 4.23. The summed E-state index contributed by atoms with van der Waals surface area (Å²) in [5, 5.41) is 40.7. The van der Waals surface area contributed by atoms with Crippen LogP contribution in [0.1, 0.15) is 5.56 Å². The van der Waals surface area contributed by atoms with E-state index in [0.29, 0.717) is 29.7 Å². The van der Waals surface area contributed by atoms with E-state index in [-0.39, 0.29) is 28.2 Å². The maximum Gasteiger partial charge on any atom is 0.171 e. The summed E-state index contributed by atoms with van der Waals surface area (Å²) >= 11 is 7.67. The predicted molar refractivity (Wildman–Crippen MR) is 107 cm³/mol. The van der Waals surface area contributed by atoms with Gasteiger partial charge < -0.3 is 20.4 Å². The fourth-order valence-electron chi connectivity index (χ4n) is 2.16. The first-order valence-electron chi connectivity index (χ1n) is 6.87. The molecule has 128 valence electrons. The lowest BCUT2D eigenvalue weighted by Crippen LogP contribution is -2.17. The molecule has 0 saturated heterocycles. The number of rotatable bonds is 2. The monoisotopic (exact) mass is 483 g/mol. The molecule has 1 heterocycles. The molecule has 0 aromatic heterocycles. The van der Waals surface area contributed by atoms with E-state index in [9.17, 15) is 20.4 Å². The van der Waals surface area contributed by atoms with Crippen molar-refractivity contribution in [3.63, 3.8) is 0 Å². The number of hydrogen-bond donors (Lipinski definition) is 4. The SMILES string of the molecule is C=c1c(O)c(Br)c2c(c1O)SC(/C=C/c1cc(O)c(O)c(Br)c1)=NC=2. The van der Waals surface area contributed by atoms with E-state index in [1.807, 2.05) is 0 Å². The number of thioether (sulfide) groups is 1. The summed E-state index contributed by atoms with van der Waals surface area (Å²) in [5.41, 5.74) is 0.658. The highest BCUT2D eigenvalue weighted by Crippen LogP contribution is 2.35. The number of phenolic OH excluding ortho intramolecular Hbond substituents is 4. The van der Waals surface area contributed by atoms with Crippen LogP contribution < -0.4 is 10.4 Å². The van der Waals surface area contributed by atoms with E-state index < -0.39 is 0 Å². The third kappa shape index (κ3) is 3.29. The summed E-state index contributed by atoms with van der Waals surface area (Å²) in [5.74, 6) is -0.668. The van der Waals surface area contributed by atoms with Crippen LogP contribution in [0.25, 0.3) is 18.9 Å². The fraction of sp³-hybridized carbons (Fsp3) is 0. The molecule has 0 bridgehead atoms. The Morgan fingerprint density at radius 2 is 1.72 bits per heavy atom. The van der Waals surface area contributed by atoms with Crippen LogP contribution in [0.2, 0.25) is 0 Å². The summed E-state index contributed by atoms with van der Waals surface area (Å²) < 4.78 is 0.804. The van der Waals surface area contributed by atoms with Crippen LogP contribution in [-0.2, 0) is 0 Å². The second-order valence-corrected chi connectivity index (χ2v) is 7.81. The van der Waals surface area contributed by atoms with Gasteiger partial charge in [-0.3, -0.25) is 0 Å². The van der Waals surface area contributed by atoms with Gasteiger partial charge >= 0.3 is 0 Å². The molecule has 2 aromatic carbocycles. The first-order valence-corrected chi connectivity index (χ1v) is 9.27. The normalized spacial score (nSPS) is 13.4. The number of hydrogen-bond acceptors (Lipinski definition) is 6. The van der Waals surface area contributed by atoms with Crippen LogP contribution in [0.5, 0.6) is 23.0 Å². The summed E-state index contributed by atoms with van der Waals surface area (Å²) in [6.45, 7) is 3.66. The van der Waals surface area contributed by atoms with Crippen LogP contribution in [0.3, 0.4) is 0 Å². The smallest absolute Gasteiger partial charge is 0.171 e. The zero-order chi connectivity index (χ0) is 18.3. The Labute approximate surface area is 163 Å². The molecule has 1 aliphatic heterocycles. The molecule has 0 aliphatic carbocycles. The highest BCUT2D eigenvalue weighted by atomic mass is 79.9. The van der Waals surface area contributed by atoms with Gasteiger partial charge in [0.2, 0.25) is 0 Å². The Kier molecular flexibility index (Phi) is 4.86. The van der Waals surface area contributed by atoms with Crippen LogP contribution >= 0.6 is 43.6 Å². The molecule has 1 aliphatic rings. The van der Waals surface area contributed by atoms with Crippen molar-refractivity contribution >= 4 is 67.5 Å². The van der Waals surface area contributed by atoms with Crippen molar-refractivity contribution in [2.75, 3.05) is 0 Å². The first kappa shape index (κ1) is 17.9. The second kappa shape index (κ2) is 6.78. The summed E-state index contributed by atoms with van der Waals surface area (Å²) in [7, 11) is 0. The number of aliphatic imine (C=N–C) groups is 1. The standard InChI is InChI=1S/C17H11Br2NO4S/c1-7-14(22)13(19)9-6-20-12(25-17(9)15(7)23)3-2-8-4-10(18)16(24)11(21)5-8/h2-6,21-24H,1H2/b3-2+. The lowest BCUT2D eigenvalue weighted by Gasteiger charge is -2.12. The van der Waals surface area contributed by atoms with Crippen molar-refractivity contribution in [1.82, 2.24) is 0 Å².